The molecule has 0 spiro atoms. The number of imide groups is 1. The predicted octanol–water partition coefficient (Wildman–Crippen LogP) is 4.58. The normalized spacial score (nSPS) is 15.0. The van der Waals surface area contributed by atoms with Gasteiger partial charge in [0, 0.05) is 5.39 Å². The zero-order valence-corrected chi connectivity index (χ0v) is 17.7. The van der Waals surface area contributed by atoms with Gasteiger partial charge in [-0.1, -0.05) is 44.2 Å². The van der Waals surface area contributed by atoms with Crippen LogP contribution in [0.15, 0.2) is 59.5 Å². The van der Waals surface area contributed by atoms with E-state index >= 15 is 0 Å². The van der Waals surface area contributed by atoms with Gasteiger partial charge in [0.1, 0.15) is 0 Å². The minimum Gasteiger partial charge on any atom is -0.266 e. The van der Waals surface area contributed by atoms with E-state index in [2.05, 4.69) is 13.8 Å². The summed E-state index contributed by atoms with van der Waals surface area (Å²) in [6.07, 6.45) is 0.922. The van der Waals surface area contributed by atoms with E-state index < -0.39 is 21.9 Å². The molecular formula is C23H21NO5S. The lowest BCUT2D eigenvalue weighted by atomic mass is 9.95. The van der Waals surface area contributed by atoms with Crippen molar-refractivity contribution in [3.63, 3.8) is 0 Å². The van der Waals surface area contributed by atoms with Crippen LogP contribution in [0.5, 0.6) is 0 Å². The Bertz CT molecular complexity index is 1250. The molecule has 1 aliphatic rings. The molecule has 1 unspecified atom stereocenters. The molecule has 3 aromatic carbocycles. The molecule has 0 aliphatic carbocycles. The molecule has 2 amide bonds. The van der Waals surface area contributed by atoms with Crippen LogP contribution in [0.2, 0.25) is 0 Å². The average molecular weight is 423 g/mol. The summed E-state index contributed by atoms with van der Waals surface area (Å²) in [6.45, 7) is 5.95. The molecule has 1 heterocycles. The molecule has 0 radical (unpaired) electrons. The van der Waals surface area contributed by atoms with Crippen molar-refractivity contribution < 1.29 is 22.3 Å². The maximum atomic E-state index is 12.9. The summed E-state index contributed by atoms with van der Waals surface area (Å²) in [5.74, 6) is -1.33. The minimum atomic E-state index is -4.38. The Hall–Kier alpha value is -3.03. The van der Waals surface area contributed by atoms with E-state index in [9.17, 15) is 18.0 Å². The number of carbonyl (C=O) groups is 2. The lowest BCUT2D eigenvalue weighted by molar-refractivity contribution is -0.0155. The van der Waals surface area contributed by atoms with Gasteiger partial charge >= 0.3 is 10.1 Å². The molecule has 4 rings (SSSR count). The molecule has 0 saturated carbocycles. The standard InChI is InChI=1S/C23H21NO5S/c1-4-14(2)18-12-11-17(13-15(18)3)30(27,28)29-24-22(25)19-9-5-7-16-8-6-10-20(21(16)19)23(24)26/h5-14H,4H2,1-3H3. The Balaban J connectivity index is 1.71. The predicted molar refractivity (Wildman–Crippen MR) is 113 cm³/mol. The van der Waals surface area contributed by atoms with Gasteiger partial charge in [-0.3, -0.25) is 9.59 Å². The Kier molecular flexibility index (Phi) is 4.95. The van der Waals surface area contributed by atoms with Gasteiger partial charge in [-0.15, -0.1) is 9.35 Å². The highest BCUT2D eigenvalue weighted by Gasteiger charge is 2.37. The summed E-state index contributed by atoms with van der Waals surface area (Å²) in [5, 5.41) is 1.57. The minimum absolute atomic E-state index is 0.107. The van der Waals surface area contributed by atoms with E-state index in [1.807, 2.05) is 6.92 Å². The summed E-state index contributed by atoms with van der Waals surface area (Å²) in [5.41, 5.74) is 2.30. The number of nitrogens with zero attached hydrogens (tertiary/aromatic N) is 1. The van der Waals surface area contributed by atoms with Gasteiger partial charge in [0.15, 0.2) is 0 Å². The van der Waals surface area contributed by atoms with Gasteiger partial charge < -0.3 is 0 Å². The molecule has 0 bridgehead atoms. The van der Waals surface area contributed by atoms with Crippen LogP contribution < -0.4 is 0 Å². The maximum Gasteiger partial charge on any atom is 0.318 e. The largest absolute Gasteiger partial charge is 0.318 e. The van der Waals surface area contributed by atoms with Crippen LogP contribution in [-0.4, -0.2) is 25.3 Å². The zero-order valence-electron chi connectivity index (χ0n) is 16.9. The molecule has 3 aromatic rings. The zero-order chi connectivity index (χ0) is 21.6. The van der Waals surface area contributed by atoms with Crippen molar-refractivity contribution >= 4 is 32.7 Å². The molecule has 0 aromatic heterocycles. The molecule has 1 atom stereocenters. The first-order valence-electron chi connectivity index (χ1n) is 9.70. The maximum absolute atomic E-state index is 12.9. The number of amides is 2. The highest BCUT2D eigenvalue weighted by atomic mass is 32.2. The van der Waals surface area contributed by atoms with Gasteiger partial charge in [0.05, 0.1) is 16.0 Å². The third-order valence-electron chi connectivity index (χ3n) is 5.58. The third-order valence-corrected chi connectivity index (χ3v) is 6.76. The van der Waals surface area contributed by atoms with Crippen molar-refractivity contribution in [3.8, 4) is 0 Å². The van der Waals surface area contributed by atoms with Crippen LogP contribution in [0.4, 0.5) is 0 Å². The highest BCUT2D eigenvalue weighted by molar-refractivity contribution is 7.86. The van der Waals surface area contributed by atoms with Crippen LogP contribution in [0.25, 0.3) is 10.8 Å². The van der Waals surface area contributed by atoms with E-state index in [1.165, 1.54) is 12.1 Å². The van der Waals surface area contributed by atoms with Gasteiger partial charge in [-0.05, 0) is 60.0 Å². The lowest BCUT2D eigenvalue weighted by Crippen LogP contribution is -2.41. The first kappa shape index (κ1) is 20.3. The van der Waals surface area contributed by atoms with Crippen molar-refractivity contribution in [2.75, 3.05) is 0 Å². The van der Waals surface area contributed by atoms with Gasteiger partial charge in [0.25, 0.3) is 11.8 Å². The van der Waals surface area contributed by atoms with Crippen LogP contribution in [0.1, 0.15) is 58.0 Å². The van der Waals surface area contributed by atoms with Crippen LogP contribution in [0.3, 0.4) is 0 Å². The van der Waals surface area contributed by atoms with E-state index in [1.54, 1.807) is 42.5 Å². The molecule has 1 aliphatic heterocycles. The fourth-order valence-electron chi connectivity index (χ4n) is 3.79. The summed E-state index contributed by atoms with van der Waals surface area (Å²) < 4.78 is 30.8. The summed E-state index contributed by atoms with van der Waals surface area (Å²) in [6, 6.07) is 14.7. The molecule has 30 heavy (non-hydrogen) atoms. The Labute approximate surface area is 175 Å². The summed E-state index contributed by atoms with van der Waals surface area (Å²) >= 11 is 0. The first-order valence-corrected chi connectivity index (χ1v) is 11.1. The molecule has 0 saturated heterocycles. The monoisotopic (exact) mass is 423 g/mol. The molecule has 0 fully saturated rings. The molecule has 7 heteroatoms. The smallest absolute Gasteiger partial charge is 0.266 e. The van der Waals surface area contributed by atoms with Crippen molar-refractivity contribution in [2.24, 2.45) is 0 Å². The second-order valence-corrected chi connectivity index (χ2v) is 9.00. The number of rotatable bonds is 5. The van der Waals surface area contributed by atoms with Gasteiger partial charge in [-0.25, -0.2) is 0 Å². The molecule has 154 valence electrons. The summed E-state index contributed by atoms with van der Waals surface area (Å²) in [7, 11) is -4.38. The second kappa shape index (κ2) is 7.34. The fraction of sp³-hybridized carbons (Fsp3) is 0.217. The van der Waals surface area contributed by atoms with E-state index in [0.29, 0.717) is 10.4 Å². The van der Waals surface area contributed by atoms with Crippen LogP contribution >= 0.6 is 0 Å². The summed E-state index contributed by atoms with van der Waals surface area (Å²) in [4.78, 5) is 25.7. The van der Waals surface area contributed by atoms with Crippen molar-refractivity contribution in [2.45, 2.75) is 38.0 Å². The number of hydrogen-bond donors (Lipinski definition) is 0. The molecular weight excluding hydrogens is 402 g/mol. The lowest BCUT2D eigenvalue weighted by Gasteiger charge is -2.25. The van der Waals surface area contributed by atoms with Crippen molar-refractivity contribution in [1.82, 2.24) is 5.06 Å². The topological polar surface area (TPSA) is 80.8 Å². The highest BCUT2D eigenvalue weighted by Crippen LogP contribution is 2.32. The number of carbonyl (C=O) groups excluding carboxylic acids is 2. The Morgan fingerprint density at radius 2 is 1.57 bits per heavy atom. The van der Waals surface area contributed by atoms with E-state index in [4.69, 9.17) is 4.28 Å². The second-order valence-electron chi connectivity index (χ2n) is 7.47. The number of hydroxylamine groups is 2. The van der Waals surface area contributed by atoms with E-state index in [-0.39, 0.29) is 21.9 Å². The van der Waals surface area contributed by atoms with Crippen molar-refractivity contribution in [3.05, 3.63) is 76.9 Å². The van der Waals surface area contributed by atoms with Crippen LogP contribution in [-0.2, 0) is 14.4 Å². The number of hydrogen-bond acceptors (Lipinski definition) is 5. The Morgan fingerprint density at radius 3 is 2.10 bits per heavy atom. The fourth-order valence-corrected chi connectivity index (χ4v) is 4.77. The first-order chi connectivity index (χ1) is 14.2. The SMILES string of the molecule is CCC(C)c1ccc(S(=O)(=O)ON2C(=O)c3cccc4cccc(c34)C2=O)cc1C. The Morgan fingerprint density at radius 1 is 0.967 bits per heavy atom. The van der Waals surface area contributed by atoms with Crippen LogP contribution in [0, 0.1) is 6.92 Å². The number of benzene rings is 3. The van der Waals surface area contributed by atoms with E-state index in [0.717, 1.165) is 22.9 Å². The molecule has 6 nitrogen and oxygen atoms in total. The quantitative estimate of drug-likeness (QED) is 0.561. The van der Waals surface area contributed by atoms with Crippen molar-refractivity contribution in [1.29, 1.82) is 0 Å². The van der Waals surface area contributed by atoms with Gasteiger partial charge in [-0.2, -0.15) is 8.42 Å². The van der Waals surface area contributed by atoms with Gasteiger partial charge in [0.2, 0.25) is 0 Å². The average Bonchev–Trinajstić information content (AvgIpc) is 2.74. The number of aryl methyl sites for hydroxylation is 1. The molecule has 0 N–H and O–H groups in total. The third kappa shape index (κ3) is 3.20.